The van der Waals surface area contributed by atoms with E-state index in [0.29, 0.717) is 22.7 Å². The summed E-state index contributed by atoms with van der Waals surface area (Å²) in [5, 5.41) is 3.64. The Kier molecular flexibility index (Phi) is 8.45. The van der Waals surface area contributed by atoms with Crippen molar-refractivity contribution in [3.05, 3.63) is 12.7 Å². The fourth-order valence-electron chi connectivity index (χ4n) is 11.9. The third kappa shape index (κ3) is 5.18. The van der Waals surface area contributed by atoms with E-state index in [1.807, 2.05) is 6.92 Å². The number of fused-ring (bicyclic) bond motifs is 7. The van der Waals surface area contributed by atoms with Crippen LogP contribution >= 0.6 is 0 Å². The molecule has 0 bridgehead atoms. The second kappa shape index (κ2) is 11.1. The summed E-state index contributed by atoms with van der Waals surface area (Å²) in [6.45, 7) is 21.1. The normalized spacial score (nSPS) is 45.6. The molecule has 9 atom stereocenters. The molecule has 1 saturated heterocycles. The zero-order valence-electron chi connectivity index (χ0n) is 26.6. The highest BCUT2D eigenvalue weighted by atomic mass is 16.2. The van der Waals surface area contributed by atoms with Gasteiger partial charge in [-0.2, -0.15) is 0 Å². The van der Waals surface area contributed by atoms with Crippen molar-refractivity contribution in [2.45, 2.75) is 137 Å². The van der Waals surface area contributed by atoms with E-state index in [1.165, 1.54) is 90.1 Å². The molecule has 0 spiro atoms. The minimum absolute atomic E-state index is 0.0754. The summed E-state index contributed by atoms with van der Waals surface area (Å²) in [5.74, 6) is 5.53. The minimum Gasteiger partial charge on any atom is -0.349 e. The number of hydrogen-bond donors (Lipinski definition) is 1. The lowest BCUT2D eigenvalue weighted by Gasteiger charge is -2.67. The van der Waals surface area contributed by atoms with Crippen LogP contribution in [0.2, 0.25) is 0 Å². The van der Waals surface area contributed by atoms with Crippen LogP contribution in [-0.2, 0) is 4.79 Å². The van der Waals surface area contributed by atoms with Crippen LogP contribution in [0.5, 0.6) is 0 Å². The molecule has 6 fully saturated rings. The Labute approximate surface area is 241 Å². The van der Waals surface area contributed by atoms with Gasteiger partial charge in [-0.25, -0.2) is 0 Å². The molecule has 3 nitrogen and oxygen atoms in total. The second-order valence-electron chi connectivity index (χ2n) is 16.5. The second-order valence-corrected chi connectivity index (χ2v) is 16.5. The van der Waals surface area contributed by atoms with Gasteiger partial charge >= 0.3 is 0 Å². The molecule has 5 saturated carbocycles. The number of nitrogens with one attached hydrogen (secondary N) is 1. The first kappa shape index (κ1) is 29.7. The summed E-state index contributed by atoms with van der Waals surface area (Å²) < 4.78 is 0. The van der Waals surface area contributed by atoms with Gasteiger partial charge in [0.1, 0.15) is 0 Å². The Morgan fingerprint density at radius 2 is 1.62 bits per heavy atom. The van der Waals surface area contributed by atoms with Crippen molar-refractivity contribution < 1.29 is 4.79 Å². The van der Waals surface area contributed by atoms with Gasteiger partial charge in [-0.1, -0.05) is 39.7 Å². The van der Waals surface area contributed by atoms with Crippen molar-refractivity contribution in [2.24, 2.45) is 51.8 Å². The van der Waals surface area contributed by atoms with Crippen molar-refractivity contribution in [2.75, 3.05) is 19.6 Å². The van der Waals surface area contributed by atoms with Gasteiger partial charge in [-0.3, -0.25) is 4.79 Å². The molecule has 0 aromatic carbocycles. The standard InChI is InChI=1S/C33H56N2O.C3H6/c1-23-12-16-31(4)24(21-23)13-17-32(5)26-14-18-33(15-8-9-27(33)25(26)10-11-28(31)32)29(36)34-30(2,3)22-35-19-6-7-20-35;1-3-2/h23-28H,6-22H2,1-5H3,(H,34,36);3H,1H2,2H3. The molecule has 9 unspecified atom stereocenters. The first-order valence-electron chi connectivity index (χ1n) is 17.1. The lowest BCUT2D eigenvalue weighted by molar-refractivity contribution is -0.181. The average molecular weight is 539 g/mol. The topological polar surface area (TPSA) is 32.3 Å². The monoisotopic (exact) mass is 538 g/mol. The molecule has 1 N–H and O–H groups in total. The highest BCUT2D eigenvalue weighted by molar-refractivity contribution is 5.84. The van der Waals surface area contributed by atoms with E-state index in [4.69, 9.17) is 0 Å². The van der Waals surface area contributed by atoms with E-state index in [0.717, 1.165) is 49.0 Å². The summed E-state index contributed by atoms with van der Waals surface area (Å²) in [6, 6.07) is 0. The lowest BCUT2D eigenvalue weighted by Crippen LogP contribution is -2.62. The van der Waals surface area contributed by atoms with Gasteiger partial charge in [0.15, 0.2) is 0 Å². The Morgan fingerprint density at radius 3 is 2.33 bits per heavy atom. The van der Waals surface area contributed by atoms with Gasteiger partial charge in [0.25, 0.3) is 0 Å². The van der Waals surface area contributed by atoms with E-state index in [2.05, 4.69) is 51.4 Å². The zero-order chi connectivity index (χ0) is 28.1. The molecule has 1 heterocycles. The molecule has 0 aromatic rings. The average Bonchev–Trinajstić information content (AvgIpc) is 3.55. The van der Waals surface area contributed by atoms with Crippen LogP contribution in [0.15, 0.2) is 12.7 Å². The third-order valence-electron chi connectivity index (χ3n) is 13.6. The zero-order valence-corrected chi connectivity index (χ0v) is 26.6. The maximum Gasteiger partial charge on any atom is 0.226 e. The highest BCUT2D eigenvalue weighted by Crippen LogP contribution is 2.71. The maximum absolute atomic E-state index is 14.2. The molecular formula is C36H62N2O. The number of hydrogen-bond acceptors (Lipinski definition) is 2. The van der Waals surface area contributed by atoms with Crippen molar-refractivity contribution in [1.82, 2.24) is 10.2 Å². The van der Waals surface area contributed by atoms with E-state index in [-0.39, 0.29) is 11.0 Å². The number of likely N-dealkylation sites (tertiary alicyclic amines) is 1. The molecule has 0 radical (unpaired) electrons. The number of carbonyl (C=O) groups excluding carboxylic acids is 1. The first-order chi connectivity index (χ1) is 18.5. The molecule has 1 aliphatic heterocycles. The first-order valence-corrected chi connectivity index (χ1v) is 17.1. The predicted octanol–water partition coefficient (Wildman–Crippen LogP) is 8.63. The van der Waals surface area contributed by atoms with Crippen LogP contribution in [0.25, 0.3) is 0 Å². The van der Waals surface area contributed by atoms with Gasteiger partial charge in [0.2, 0.25) is 5.91 Å². The number of nitrogens with zero attached hydrogens (tertiary/aromatic N) is 1. The summed E-state index contributed by atoms with van der Waals surface area (Å²) in [7, 11) is 0. The van der Waals surface area contributed by atoms with E-state index in [9.17, 15) is 4.79 Å². The van der Waals surface area contributed by atoms with Crippen LogP contribution in [0.3, 0.4) is 0 Å². The van der Waals surface area contributed by atoms with E-state index < -0.39 is 0 Å². The molecule has 6 aliphatic rings. The largest absolute Gasteiger partial charge is 0.349 e. The van der Waals surface area contributed by atoms with Crippen LogP contribution < -0.4 is 5.32 Å². The summed E-state index contributed by atoms with van der Waals surface area (Å²) in [4.78, 5) is 16.7. The van der Waals surface area contributed by atoms with Crippen LogP contribution in [0, 0.1) is 51.8 Å². The van der Waals surface area contributed by atoms with Gasteiger partial charge in [0, 0.05) is 12.1 Å². The third-order valence-corrected chi connectivity index (χ3v) is 13.6. The van der Waals surface area contributed by atoms with Crippen LogP contribution in [0.1, 0.15) is 131 Å². The molecule has 0 aromatic heterocycles. The van der Waals surface area contributed by atoms with E-state index >= 15 is 0 Å². The molecule has 39 heavy (non-hydrogen) atoms. The molecule has 1 amide bonds. The molecule has 3 heteroatoms. The van der Waals surface area contributed by atoms with Gasteiger partial charge < -0.3 is 10.2 Å². The smallest absolute Gasteiger partial charge is 0.226 e. The van der Waals surface area contributed by atoms with Gasteiger partial charge in [-0.05, 0) is 157 Å². The lowest BCUT2D eigenvalue weighted by atomic mass is 9.38. The van der Waals surface area contributed by atoms with E-state index in [1.54, 1.807) is 6.08 Å². The fraction of sp³-hybridized carbons (Fsp3) is 0.917. The summed E-state index contributed by atoms with van der Waals surface area (Å²) in [5.41, 5.74) is 0.879. The van der Waals surface area contributed by atoms with Gasteiger partial charge in [-0.15, -0.1) is 6.58 Å². The molecule has 5 aliphatic carbocycles. The SMILES string of the molecule is C=CC.CC1CCC2(C)C(CCC3(C)C4CCC5(C(=O)NC(C)(C)CN6CCCC6)CCCC5C4CCC23)C1. The summed E-state index contributed by atoms with van der Waals surface area (Å²) in [6.07, 6.45) is 20.7. The Hall–Kier alpha value is -0.830. The fourth-order valence-corrected chi connectivity index (χ4v) is 11.9. The van der Waals surface area contributed by atoms with Gasteiger partial charge in [0.05, 0.1) is 5.41 Å². The minimum atomic E-state index is -0.130. The Morgan fingerprint density at radius 1 is 0.923 bits per heavy atom. The van der Waals surface area contributed by atoms with Crippen molar-refractivity contribution in [3.63, 3.8) is 0 Å². The quantitative estimate of drug-likeness (QED) is 0.363. The highest BCUT2D eigenvalue weighted by Gasteiger charge is 2.65. The molecular weight excluding hydrogens is 476 g/mol. The molecule has 222 valence electrons. The number of allylic oxidation sites excluding steroid dienone is 1. The van der Waals surface area contributed by atoms with Crippen LogP contribution in [0.4, 0.5) is 0 Å². The number of amides is 1. The van der Waals surface area contributed by atoms with Crippen molar-refractivity contribution in [3.8, 4) is 0 Å². The predicted molar refractivity (Wildman–Crippen MR) is 164 cm³/mol. The van der Waals surface area contributed by atoms with Crippen LogP contribution in [-0.4, -0.2) is 36.0 Å². The maximum atomic E-state index is 14.2. The molecule has 6 rings (SSSR count). The summed E-state index contributed by atoms with van der Waals surface area (Å²) >= 11 is 0. The van der Waals surface area contributed by atoms with Crippen molar-refractivity contribution >= 4 is 5.91 Å². The number of rotatable bonds is 4. The Bertz CT molecular complexity index is 890. The number of carbonyl (C=O) groups is 1. The Balaban J connectivity index is 0.000000983. The van der Waals surface area contributed by atoms with Crippen molar-refractivity contribution in [1.29, 1.82) is 0 Å².